The number of benzene rings is 2. The number of amides is 1. The lowest BCUT2D eigenvalue weighted by Gasteiger charge is -2.37. The van der Waals surface area contributed by atoms with E-state index in [2.05, 4.69) is 12.1 Å². The second-order valence-corrected chi connectivity index (χ2v) is 8.40. The van der Waals surface area contributed by atoms with Crippen molar-refractivity contribution in [3.05, 3.63) is 71.8 Å². The average molecular weight is 410 g/mol. The number of carbonyl (C=O) groups is 2. The van der Waals surface area contributed by atoms with Gasteiger partial charge in [-0.25, -0.2) is 0 Å². The molecule has 3 atom stereocenters. The number of rotatable bonds is 7. The van der Waals surface area contributed by atoms with Crippen LogP contribution in [-0.2, 0) is 25.5 Å². The van der Waals surface area contributed by atoms with Crippen LogP contribution in [0.25, 0.3) is 0 Å². The van der Waals surface area contributed by atoms with Gasteiger partial charge >= 0.3 is 5.97 Å². The summed E-state index contributed by atoms with van der Waals surface area (Å²) in [6.07, 6.45) is 0.891. The maximum atomic E-state index is 13.7. The van der Waals surface area contributed by atoms with E-state index in [1.54, 1.807) is 0 Å². The summed E-state index contributed by atoms with van der Waals surface area (Å²) < 4.78 is 10.9. The third-order valence-electron chi connectivity index (χ3n) is 5.96. The van der Waals surface area contributed by atoms with Crippen LogP contribution in [-0.4, -0.2) is 42.3 Å². The van der Waals surface area contributed by atoms with Crippen LogP contribution in [0.3, 0.4) is 0 Å². The van der Waals surface area contributed by atoms with Gasteiger partial charge in [-0.1, -0.05) is 67.6 Å². The predicted molar refractivity (Wildman–Crippen MR) is 116 cm³/mol. The van der Waals surface area contributed by atoms with Crippen molar-refractivity contribution < 1.29 is 19.1 Å². The average Bonchev–Trinajstić information content (AvgIpc) is 3.05. The van der Waals surface area contributed by atoms with Crippen molar-refractivity contribution in [2.45, 2.75) is 51.3 Å². The van der Waals surface area contributed by atoms with E-state index in [4.69, 9.17) is 9.47 Å². The molecule has 1 amide bonds. The van der Waals surface area contributed by atoms with Crippen LogP contribution in [0.5, 0.6) is 0 Å². The highest BCUT2D eigenvalue weighted by molar-refractivity contribution is 5.82. The van der Waals surface area contributed by atoms with Gasteiger partial charge in [-0.3, -0.25) is 9.59 Å². The maximum Gasteiger partial charge on any atom is 0.306 e. The van der Waals surface area contributed by atoms with Gasteiger partial charge in [0.05, 0.1) is 26.2 Å². The summed E-state index contributed by atoms with van der Waals surface area (Å²) in [7, 11) is 1.38. The van der Waals surface area contributed by atoms with Gasteiger partial charge in [0.15, 0.2) is 0 Å². The van der Waals surface area contributed by atoms with Gasteiger partial charge in [0.1, 0.15) is 5.72 Å². The van der Waals surface area contributed by atoms with Crippen molar-refractivity contribution in [1.29, 1.82) is 0 Å². The molecule has 2 aromatic rings. The summed E-state index contributed by atoms with van der Waals surface area (Å²) in [5.74, 6) is -0.983. The first-order valence-corrected chi connectivity index (χ1v) is 10.5. The Morgan fingerprint density at radius 1 is 1.10 bits per heavy atom. The lowest BCUT2D eigenvalue weighted by Crippen LogP contribution is -2.51. The number of hydrogen-bond donors (Lipinski definition) is 0. The fraction of sp³-hybridized carbons (Fsp3) is 0.440. The van der Waals surface area contributed by atoms with Crippen LogP contribution in [0.15, 0.2) is 60.7 Å². The highest BCUT2D eigenvalue weighted by atomic mass is 16.5. The number of methoxy groups -OCH3 is 1. The van der Waals surface area contributed by atoms with Crippen LogP contribution in [0, 0.1) is 5.92 Å². The third-order valence-corrected chi connectivity index (χ3v) is 5.96. The van der Waals surface area contributed by atoms with Gasteiger partial charge in [-0.15, -0.1) is 0 Å². The molecule has 0 aromatic heterocycles. The monoisotopic (exact) mass is 409 g/mol. The van der Waals surface area contributed by atoms with Crippen LogP contribution >= 0.6 is 0 Å². The first-order chi connectivity index (χ1) is 14.3. The van der Waals surface area contributed by atoms with Crippen LogP contribution in [0.2, 0.25) is 0 Å². The van der Waals surface area contributed by atoms with E-state index < -0.39 is 11.6 Å². The predicted octanol–water partition coefficient (Wildman–Crippen LogP) is 4.18. The van der Waals surface area contributed by atoms with E-state index in [1.165, 1.54) is 12.7 Å². The van der Waals surface area contributed by atoms with Gasteiger partial charge in [0.2, 0.25) is 5.91 Å². The minimum Gasteiger partial charge on any atom is -0.469 e. The van der Waals surface area contributed by atoms with Crippen LogP contribution in [0.4, 0.5) is 0 Å². The van der Waals surface area contributed by atoms with E-state index in [1.807, 2.05) is 74.2 Å². The summed E-state index contributed by atoms with van der Waals surface area (Å²) in [6, 6.07) is 19.8. The van der Waals surface area contributed by atoms with Gasteiger partial charge < -0.3 is 14.4 Å². The van der Waals surface area contributed by atoms with E-state index in [0.717, 1.165) is 12.0 Å². The van der Waals surface area contributed by atoms with Gasteiger partial charge in [0.25, 0.3) is 0 Å². The molecule has 0 saturated carbocycles. The molecule has 1 aliphatic heterocycles. The Balaban J connectivity index is 1.86. The van der Waals surface area contributed by atoms with Gasteiger partial charge in [-0.05, 0) is 31.4 Å². The molecule has 0 radical (unpaired) electrons. The Labute approximate surface area is 179 Å². The van der Waals surface area contributed by atoms with Crippen LogP contribution in [0.1, 0.15) is 44.2 Å². The second-order valence-electron chi connectivity index (χ2n) is 8.40. The number of esters is 1. The summed E-state index contributed by atoms with van der Waals surface area (Å²) in [5.41, 5.74) is 1.43. The Morgan fingerprint density at radius 2 is 1.70 bits per heavy atom. The number of ether oxygens (including phenoxy) is 2. The fourth-order valence-corrected chi connectivity index (χ4v) is 4.30. The summed E-state index contributed by atoms with van der Waals surface area (Å²) in [4.78, 5) is 27.7. The third kappa shape index (κ3) is 4.90. The first kappa shape index (κ1) is 22.0. The number of nitrogens with zero attached hydrogens (tertiary/aromatic N) is 1. The molecule has 1 heterocycles. The Morgan fingerprint density at radius 3 is 2.30 bits per heavy atom. The normalized spacial score (nSPS) is 19.9. The Hall–Kier alpha value is -2.66. The maximum absolute atomic E-state index is 13.7. The van der Waals surface area contributed by atoms with Crippen LogP contribution < -0.4 is 0 Å². The quantitative estimate of drug-likeness (QED) is 0.644. The molecule has 0 bridgehead atoms. The molecular weight excluding hydrogens is 378 g/mol. The standard InChI is InChI=1S/C25H31NO4/c1-18(22(16-23(27)29-4)20-13-9-6-10-14-20)24(28)26-21(17-30-25(26,2)3)15-19-11-7-5-8-12-19/h5-14,18,21-22H,15-17H2,1-4H3/t18-,21+,22-/m1/s1. The van der Waals surface area contributed by atoms with Crippen molar-refractivity contribution in [3.8, 4) is 0 Å². The SMILES string of the molecule is COC(=O)C[C@@H](c1ccccc1)[C@@H](C)C(=O)N1[C@@H](Cc2ccccc2)COC1(C)C. The molecule has 0 aliphatic carbocycles. The minimum absolute atomic E-state index is 0.00353. The minimum atomic E-state index is -0.697. The topological polar surface area (TPSA) is 55.8 Å². The van der Waals surface area contributed by atoms with Crippen molar-refractivity contribution in [2.75, 3.05) is 13.7 Å². The molecule has 1 saturated heterocycles. The lowest BCUT2D eigenvalue weighted by atomic mass is 9.83. The van der Waals surface area contributed by atoms with Crippen molar-refractivity contribution in [1.82, 2.24) is 4.90 Å². The van der Waals surface area contributed by atoms with Gasteiger partial charge in [0, 0.05) is 11.8 Å². The summed E-state index contributed by atoms with van der Waals surface area (Å²) in [5, 5.41) is 0. The molecule has 0 N–H and O–H groups in total. The zero-order chi connectivity index (χ0) is 21.7. The van der Waals surface area contributed by atoms with E-state index >= 15 is 0 Å². The van der Waals surface area contributed by atoms with Crippen molar-refractivity contribution in [2.24, 2.45) is 5.92 Å². The lowest BCUT2D eigenvalue weighted by molar-refractivity contribution is -0.151. The molecule has 2 aromatic carbocycles. The van der Waals surface area contributed by atoms with E-state index in [-0.39, 0.29) is 30.3 Å². The smallest absolute Gasteiger partial charge is 0.306 e. The molecule has 5 heteroatoms. The van der Waals surface area contributed by atoms with E-state index in [9.17, 15) is 9.59 Å². The molecule has 0 spiro atoms. The zero-order valence-corrected chi connectivity index (χ0v) is 18.2. The molecule has 3 rings (SSSR count). The highest BCUT2D eigenvalue weighted by Crippen LogP contribution is 2.36. The number of carbonyl (C=O) groups excluding carboxylic acids is 2. The largest absolute Gasteiger partial charge is 0.469 e. The van der Waals surface area contributed by atoms with Crippen molar-refractivity contribution >= 4 is 11.9 Å². The molecule has 1 fully saturated rings. The molecule has 5 nitrogen and oxygen atoms in total. The molecular formula is C25H31NO4. The second kappa shape index (κ2) is 9.43. The number of hydrogen-bond acceptors (Lipinski definition) is 4. The summed E-state index contributed by atoms with van der Waals surface area (Å²) in [6.45, 7) is 6.26. The van der Waals surface area contributed by atoms with Crippen molar-refractivity contribution in [3.63, 3.8) is 0 Å². The highest BCUT2D eigenvalue weighted by Gasteiger charge is 2.46. The molecule has 0 unspecified atom stereocenters. The Kier molecular flexibility index (Phi) is 6.93. The molecule has 30 heavy (non-hydrogen) atoms. The van der Waals surface area contributed by atoms with Gasteiger partial charge in [-0.2, -0.15) is 0 Å². The fourth-order valence-electron chi connectivity index (χ4n) is 4.30. The Bertz CT molecular complexity index is 850. The molecule has 1 aliphatic rings. The molecule has 160 valence electrons. The van der Waals surface area contributed by atoms with E-state index in [0.29, 0.717) is 6.61 Å². The first-order valence-electron chi connectivity index (χ1n) is 10.5. The zero-order valence-electron chi connectivity index (χ0n) is 18.2. The summed E-state index contributed by atoms with van der Waals surface area (Å²) >= 11 is 0.